The zero-order valence-electron chi connectivity index (χ0n) is 55.5. The molecule has 0 fully saturated rings. The van der Waals surface area contributed by atoms with E-state index in [1.54, 1.807) is 0 Å². The second-order valence-electron chi connectivity index (χ2n) is 24.5. The fraction of sp³-hybridized carbons (Fsp3) is 0.805. The summed E-state index contributed by atoms with van der Waals surface area (Å²) < 4.78 is 17.0. The lowest BCUT2D eigenvalue weighted by atomic mass is 10.0. The van der Waals surface area contributed by atoms with Gasteiger partial charge in [0.05, 0.1) is 0 Å². The molecule has 0 radical (unpaired) electrons. The number of hydrogen-bond acceptors (Lipinski definition) is 6. The van der Waals surface area contributed by atoms with Crippen LogP contribution in [0.1, 0.15) is 380 Å². The summed E-state index contributed by atoms with van der Waals surface area (Å²) in [5, 5.41) is 0. The molecule has 0 saturated carbocycles. The van der Waals surface area contributed by atoms with Crippen molar-refractivity contribution in [2.75, 3.05) is 13.2 Å². The minimum atomic E-state index is -0.785. The summed E-state index contributed by atoms with van der Waals surface area (Å²) in [5.41, 5.74) is 0. The van der Waals surface area contributed by atoms with Gasteiger partial charge in [-0.2, -0.15) is 0 Å². The number of hydrogen-bond donors (Lipinski definition) is 0. The summed E-state index contributed by atoms with van der Waals surface area (Å²) >= 11 is 0. The fourth-order valence-corrected chi connectivity index (χ4v) is 10.8. The molecule has 0 aliphatic carbocycles. The molecule has 0 aliphatic heterocycles. The maximum Gasteiger partial charge on any atom is 0.306 e. The molecule has 0 rings (SSSR count). The Bertz CT molecular complexity index is 1520. The lowest BCUT2D eigenvalue weighted by Gasteiger charge is -2.18. The topological polar surface area (TPSA) is 78.9 Å². The number of unbranched alkanes of at least 4 members (excludes halogenated alkanes) is 44. The molecule has 0 spiro atoms. The lowest BCUT2D eigenvalue weighted by molar-refractivity contribution is -0.167. The highest BCUT2D eigenvalue weighted by Gasteiger charge is 2.19. The Morgan fingerprint density at radius 3 is 0.771 bits per heavy atom. The summed E-state index contributed by atoms with van der Waals surface area (Å²) in [6.45, 7) is 6.54. The predicted molar refractivity (Wildman–Crippen MR) is 362 cm³/mol. The van der Waals surface area contributed by atoms with Crippen LogP contribution >= 0.6 is 0 Å². The smallest absolute Gasteiger partial charge is 0.306 e. The Labute approximate surface area is 516 Å². The quantitative estimate of drug-likeness (QED) is 0.0261. The average Bonchev–Trinajstić information content (AvgIpc) is 3.49. The van der Waals surface area contributed by atoms with Crippen LogP contribution in [-0.4, -0.2) is 37.2 Å². The number of carbonyl (C=O) groups excluding carboxylic acids is 3. The van der Waals surface area contributed by atoms with Crippen LogP contribution in [0.15, 0.2) is 72.9 Å². The lowest BCUT2D eigenvalue weighted by Crippen LogP contribution is -2.30. The highest BCUT2D eigenvalue weighted by atomic mass is 16.6. The van der Waals surface area contributed by atoms with Gasteiger partial charge < -0.3 is 14.2 Å². The highest BCUT2D eigenvalue weighted by Crippen LogP contribution is 2.18. The Morgan fingerprint density at radius 1 is 0.253 bits per heavy atom. The average molecular weight is 1160 g/mol. The third kappa shape index (κ3) is 69.5. The third-order valence-corrected chi connectivity index (χ3v) is 16.2. The van der Waals surface area contributed by atoms with Crippen molar-refractivity contribution in [3.8, 4) is 0 Å². The van der Waals surface area contributed by atoms with Crippen LogP contribution in [-0.2, 0) is 28.6 Å². The van der Waals surface area contributed by atoms with E-state index in [1.807, 2.05) is 0 Å². The van der Waals surface area contributed by atoms with E-state index in [2.05, 4.69) is 93.7 Å². The zero-order chi connectivity index (χ0) is 59.9. The van der Waals surface area contributed by atoms with Crippen molar-refractivity contribution < 1.29 is 28.6 Å². The zero-order valence-corrected chi connectivity index (χ0v) is 55.5. The van der Waals surface area contributed by atoms with E-state index in [-0.39, 0.29) is 31.1 Å². The summed E-state index contributed by atoms with van der Waals surface area (Å²) in [6, 6.07) is 0. The van der Waals surface area contributed by atoms with E-state index in [1.165, 1.54) is 238 Å². The molecule has 83 heavy (non-hydrogen) atoms. The molecule has 6 heteroatoms. The van der Waals surface area contributed by atoms with E-state index in [4.69, 9.17) is 14.2 Å². The molecule has 6 nitrogen and oxygen atoms in total. The number of allylic oxidation sites excluding steroid dienone is 12. The van der Waals surface area contributed by atoms with Crippen molar-refractivity contribution in [3.63, 3.8) is 0 Å². The largest absolute Gasteiger partial charge is 0.462 e. The second-order valence-corrected chi connectivity index (χ2v) is 24.5. The monoisotopic (exact) mass is 1160 g/mol. The molecule has 482 valence electrons. The standard InChI is InChI=1S/C77H138O6/c1-4-7-10-13-16-19-22-25-27-29-31-33-35-36-37-38-39-40-41-43-44-46-48-50-52-55-58-61-64-67-70-76(79)82-73-74(72-81-75(78)69-66-63-60-57-54-24-21-18-15-12-9-6-3)83-77(80)71-68-65-62-59-56-53-51-49-47-45-42-34-32-30-28-26-23-20-17-14-11-8-5-2/h8,11,17-18,20-21,26,28,32,34,45,47,74H,4-7,9-10,12-16,19,22-25,27,29-31,33,35-44,46,48-73H2,1-3H3/b11-8-,20-17-,21-18-,28-26-,34-32-,47-45-. The molecule has 0 bridgehead atoms. The molecular weight excluding hydrogens is 1020 g/mol. The van der Waals surface area contributed by atoms with Gasteiger partial charge in [0.1, 0.15) is 13.2 Å². The molecule has 0 aromatic heterocycles. The van der Waals surface area contributed by atoms with Crippen molar-refractivity contribution in [3.05, 3.63) is 72.9 Å². The molecule has 0 aromatic rings. The summed E-state index contributed by atoms with van der Waals surface area (Å²) in [6.07, 6.45) is 93.8. The third-order valence-electron chi connectivity index (χ3n) is 16.2. The Hall–Kier alpha value is -3.15. The van der Waals surface area contributed by atoms with Gasteiger partial charge in [-0.1, -0.05) is 344 Å². The van der Waals surface area contributed by atoms with Crippen molar-refractivity contribution in [1.82, 2.24) is 0 Å². The Morgan fingerprint density at radius 2 is 0.470 bits per heavy atom. The van der Waals surface area contributed by atoms with Gasteiger partial charge in [-0.05, 0) is 89.9 Å². The van der Waals surface area contributed by atoms with E-state index >= 15 is 0 Å². The summed E-state index contributed by atoms with van der Waals surface area (Å²) in [4.78, 5) is 38.4. The molecule has 0 N–H and O–H groups in total. The van der Waals surface area contributed by atoms with E-state index in [0.717, 1.165) is 103 Å². The highest BCUT2D eigenvalue weighted by molar-refractivity contribution is 5.71. The number of esters is 3. The number of carbonyl (C=O) groups is 3. The molecule has 0 heterocycles. The van der Waals surface area contributed by atoms with Crippen LogP contribution in [0.4, 0.5) is 0 Å². The minimum Gasteiger partial charge on any atom is -0.462 e. The van der Waals surface area contributed by atoms with Crippen LogP contribution in [0.3, 0.4) is 0 Å². The van der Waals surface area contributed by atoms with E-state index < -0.39 is 6.10 Å². The van der Waals surface area contributed by atoms with Gasteiger partial charge in [0.25, 0.3) is 0 Å². The molecule has 0 amide bonds. The second kappa shape index (κ2) is 71.3. The minimum absolute atomic E-state index is 0.0793. The van der Waals surface area contributed by atoms with Crippen molar-refractivity contribution >= 4 is 17.9 Å². The molecule has 0 aliphatic rings. The fourth-order valence-electron chi connectivity index (χ4n) is 10.8. The molecule has 0 saturated heterocycles. The Balaban J connectivity index is 4.19. The van der Waals surface area contributed by atoms with Gasteiger partial charge in [0, 0.05) is 19.3 Å². The first-order valence-electron chi connectivity index (χ1n) is 36.4. The van der Waals surface area contributed by atoms with Crippen molar-refractivity contribution in [1.29, 1.82) is 0 Å². The molecular formula is C77H138O6. The van der Waals surface area contributed by atoms with Gasteiger partial charge in [-0.15, -0.1) is 0 Å². The van der Waals surface area contributed by atoms with E-state index in [0.29, 0.717) is 19.3 Å². The van der Waals surface area contributed by atoms with E-state index in [9.17, 15) is 14.4 Å². The number of ether oxygens (including phenoxy) is 3. The van der Waals surface area contributed by atoms with Gasteiger partial charge >= 0.3 is 17.9 Å². The van der Waals surface area contributed by atoms with Crippen LogP contribution in [0.5, 0.6) is 0 Å². The van der Waals surface area contributed by atoms with Crippen LogP contribution in [0.2, 0.25) is 0 Å². The first-order chi connectivity index (χ1) is 41.0. The van der Waals surface area contributed by atoms with Gasteiger partial charge in [-0.3, -0.25) is 14.4 Å². The van der Waals surface area contributed by atoms with Gasteiger partial charge in [-0.25, -0.2) is 0 Å². The van der Waals surface area contributed by atoms with Crippen molar-refractivity contribution in [2.24, 2.45) is 0 Å². The molecule has 0 aromatic carbocycles. The van der Waals surface area contributed by atoms with Crippen LogP contribution in [0.25, 0.3) is 0 Å². The number of rotatable bonds is 67. The van der Waals surface area contributed by atoms with Crippen LogP contribution < -0.4 is 0 Å². The van der Waals surface area contributed by atoms with Crippen molar-refractivity contribution in [2.45, 2.75) is 386 Å². The predicted octanol–water partition coefficient (Wildman–Crippen LogP) is 25.2. The Kier molecular flexibility index (Phi) is 68.6. The van der Waals surface area contributed by atoms with Crippen LogP contribution in [0, 0.1) is 0 Å². The summed E-state index contributed by atoms with van der Waals surface area (Å²) in [7, 11) is 0. The SMILES string of the molecule is CC/C=C\C/C=C\C/C=C\C/C=C\C/C=C\CCCCCCCCCC(=O)OC(COC(=O)CCCCCCC/C=C\CCCCC)COC(=O)CCCCCCCCCCCCCCCCCCCCCCCCCCCCCCCC. The summed E-state index contributed by atoms with van der Waals surface area (Å²) in [5.74, 6) is -0.880. The molecule has 1 atom stereocenters. The maximum absolute atomic E-state index is 12.9. The first kappa shape index (κ1) is 79.8. The van der Waals surface area contributed by atoms with Gasteiger partial charge in [0.2, 0.25) is 0 Å². The first-order valence-corrected chi connectivity index (χ1v) is 36.4. The maximum atomic E-state index is 12.9. The normalized spacial score (nSPS) is 12.5. The van der Waals surface area contributed by atoms with Gasteiger partial charge in [0.15, 0.2) is 6.10 Å². The molecule has 1 unspecified atom stereocenters.